The van der Waals surface area contributed by atoms with Gasteiger partial charge >= 0.3 is 0 Å². The smallest absolute Gasteiger partial charge is 0.220 e. The zero-order valence-corrected chi connectivity index (χ0v) is 9.93. The number of nitrogens with one attached hydrogen (secondary N) is 1. The molecule has 0 heterocycles. The zero-order chi connectivity index (χ0) is 12.5. The monoisotopic (exact) mass is 236 g/mol. The van der Waals surface area contributed by atoms with Gasteiger partial charge in [0.05, 0.1) is 6.10 Å². The molecule has 0 radical (unpaired) electrons. The number of carbonyl (C=O) groups is 1. The summed E-state index contributed by atoms with van der Waals surface area (Å²) >= 11 is 0. The van der Waals surface area contributed by atoms with E-state index in [2.05, 4.69) is 5.32 Å². The van der Waals surface area contributed by atoms with E-state index in [0.29, 0.717) is 13.0 Å². The lowest BCUT2D eigenvalue weighted by Gasteiger charge is -2.12. The van der Waals surface area contributed by atoms with Gasteiger partial charge in [-0.3, -0.25) is 4.79 Å². The van der Waals surface area contributed by atoms with E-state index in [4.69, 9.17) is 5.73 Å². The normalized spacial score (nSPS) is 12.1. The van der Waals surface area contributed by atoms with E-state index >= 15 is 0 Å². The third-order valence-corrected chi connectivity index (χ3v) is 2.53. The molecule has 94 valence electrons. The largest absolute Gasteiger partial charge is 0.387 e. The molecule has 0 spiro atoms. The predicted molar refractivity (Wildman–Crippen MR) is 67.3 cm³/mol. The first kappa shape index (κ1) is 13.7. The molecule has 1 amide bonds. The van der Waals surface area contributed by atoms with Crippen molar-refractivity contribution in [3.63, 3.8) is 0 Å². The lowest BCUT2D eigenvalue weighted by atomic mass is 10.1. The lowest BCUT2D eigenvalue weighted by Crippen LogP contribution is -2.28. The standard InChI is InChI=1S/C13H20N2O2/c14-9-5-4-8-13(17)15-10-12(16)11-6-2-1-3-7-11/h1-3,6-7,12,16H,4-5,8-10,14H2,(H,15,17). The van der Waals surface area contributed by atoms with Crippen molar-refractivity contribution >= 4 is 5.91 Å². The Balaban J connectivity index is 2.24. The van der Waals surface area contributed by atoms with E-state index in [9.17, 15) is 9.90 Å². The Morgan fingerprint density at radius 3 is 2.65 bits per heavy atom. The third kappa shape index (κ3) is 5.47. The van der Waals surface area contributed by atoms with Crippen LogP contribution in [0, 0.1) is 0 Å². The van der Waals surface area contributed by atoms with E-state index < -0.39 is 6.10 Å². The zero-order valence-electron chi connectivity index (χ0n) is 9.93. The van der Waals surface area contributed by atoms with Crippen molar-refractivity contribution in [2.45, 2.75) is 25.4 Å². The molecule has 0 aliphatic heterocycles. The number of amides is 1. The number of carbonyl (C=O) groups excluding carboxylic acids is 1. The van der Waals surface area contributed by atoms with Crippen LogP contribution in [0.15, 0.2) is 30.3 Å². The predicted octanol–water partition coefficient (Wildman–Crippen LogP) is 0.965. The van der Waals surface area contributed by atoms with E-state index in [-0.39, 0.29) is 12.5 Å². The molecular formula is C13H20N2O2. The van der Waals surface area contributed by atoms with Crippen molar-refractivity contribution in [1.29, 1.82) is 0 Å². The van der Waals surface area contributed by atoms with Crippen LogP contribution in [0.2, 0.25) is 0 Å². The van der Waals surface area contributed by atoms with E-state index in [1.54, 1.807) is 0 Å². The van der Waals surface area contributed by atoms with Gasteiger partial charge in [0.1, 0.15) is 0 Å². The maximum Gasteiger partial charge on any atom is 0.220 e. The summed E-state index contributed by atoms with van der Waals surface area (Å²) in [6.45, 7) is 0.866. The highest BCUT2D eigenvalue weighted by atomic mass is 16.3. The molecule has 17 heavy (non-hydrogen) atoms. The summed E-state index contributed by atoms with van der Waals surface area (Å²) in [5, 5.41) is 12.5. The molecule has 0 aliphatic carbocycles. The van der Waals surface area contributed by atoms with Gasteiger partial charge in [-0.1, -0.05) is 30.3 Å². The van der Waals surface area contributed by atoms with Gasteiger partial charge in [-0.15, -0.1) is 0 Å². The molecule has 1 rings (SSSR count). The molecule has 4 heteroatoms. The minimum absolute atomic E-state index is 0.0339. The topological polar surface area (TPSA) is 75.4 Å². The summed E-state index contributed by atoms with van der Waals surface area (Å²) in [6, 6.07) is 9.29. The third-order valence-electron chi connectivity index (χ3n) is 2.53. The quantitative estimate of drug-likeness (QED) is 0.617. The van der Waals surface area contributed by atoms with Gasteiger partial charge < -0.3 is 16.2 Å². The maximum absolute atomic E-state index is 11.4. The second-order valence-electron chi connectivity index (χ2n) is 3.98. The second kappa shape index (κ2) is 7.81. The molecule has 1 atom stereocenters. The van der Waals surface area contributed by atoms with Crippen LogP contribution >= 0.6 is 0 Å². The molecule has 0 aromatic heterocycles. The van der Waals surface area contributed by atoms with Crippen LogP contribution in [-0.2, 0) is 4.79 Å². The summed E-state index contributed by atoms with van der Waals surface area (Å²) in [5.41, 5.74) is 6.16. The highest BCUT2D eigenvalue weighted by Gasteiger charge is 2.08. The molecule has 1 aromatic rings. The average Bonchev–Trinajstić information content (AvgIpc) is 2.37. The van der Waals surface area contributed by atoms with E-state index in [1.807, 2.05) is 30.3 Å². The molecule has 0 saturated carbocycles. The fourth-order valence-electron chi connectivity index (χ4n) is 1.52. The molecule has 4 N–H and O–H groups in total. The van der Waals surface area contributed by atoms with Crippen molar-refractivity contribution in [3.8, 4) is 0 Å². The maximum atomic E-state index is 11.4. The van der Waals surface area contributed by atoms with Crippen LogP contribution < -0.4 is 11.1 Å². The fraction of sp³-hybridized carbons (Fsp3) is 0.462. The Bertz CT molecular complexity index is 327. The molecule has 0 saturated heterocycles. The number of hydrogen-bond donors (Lipinski definition) is 3. The van der Waals surface area contributed by atoms with Gasteiger partial charge in [0.2, 0.25) is 5.91 Å². The first-order chi connectivity index (χ1) is 8.24. The van der Waals surface area contributed by atoms with Crippen molar-refractivity contribution < 1.29 is 9.90 Å². The molecule has 1 unspecified atom stereocenters. The van der Waals surface area contributed by atoms with Gasteiger partial charge in [-0.05, 0) is 24.9 Å². The van der Waals surface area contributed by atoms with Crippen molar-refractivity contribution in [3.05, 3.63) is 35.9 Å². The number of nitrogens with two attached hydrogens (primary N) is 1. The number of hydrogen-bond acceptors (Lipinski definition) is 3. The first-order valence-electron chi connectivity index (χ1n) is 5.94. The molecule has 0 fully saturated rings. The second-order valence-corrected chi connectivity index (χ2v) is 3.98. The van der Waals surface area contributed by atoms with E-state index in [0.717, 1.165) is 18.4 Å². The van der Waals surface area contributed by atoms with Crippen molar-refractivity contribution in [2.24, 2.45) is 5.73 Å². The molecule has 4 nitrogen and oxygen atoms in total. The van der Waals surface area contributed by atoms with Crippen LogP contribution in [-0.4, -0.2) is 24.1 Å². The van der Waals surface area contributed by atoms with Crippen LogP contribution in [0.25, 0.3) is 0 Å². The van der Waals surface area contributed by atoms with Gasteiger partial charge in [0.15, 0.2) is 0 Å². The Kier molecular flexibility index (Phi) is 6.29. The Labute approximate surface area is 102 Å². The molecule has 1 aromatic carbocycles. The number of unbranched alkanes of at least 4 members (excludes halogenated alkanes) is 1. The SMILES string of the molecule is NCCCCC(=O)NCC(O)c1ccccc1. The minimum Gasteiger partial charge on any atom is -0.387 e. The average molecular weight is 236 g/mol. The van der Waals surface area contributed by atoms with Gasteiger partial charge in [0.25, 0.3) is 0 Å². The highest BCUT2D eigenvalue weighted by molar-refractivity contribution is 5.75. The number of rotatable bonds is 7. The van der Waals surface area contributed by atoms with Crippen LogP contribution in [0.3, 0.4) is 0 Å². The Morgan fingerprint density at radius 1 is 1.29 bits per heavy atom. The van der Waals surface area contributed by atoms with Gasteiger partial charge in [0, 0.05) is 13.0 Å². The Morgan fingerprint density at radius 2 is 2.00 bits per heavy atom. The van der Waals surface area contributed by atoms with Crippen LogP contribution in [0.5, 0.6) is 0 Å². The van der Waals surface area contributed by atoms with E-state index in [1.165, 1.54) is 0 Å². The van der Waals surface area contributed by atoms with Crippen molar-refractivity contribution in [1.82, 2.24) is 5.32 Å². The summed E-state index contributed by atoms with van der Waals surface area (Å²) in [4.78, 5) is 11.4. The summed E-state index contributed by atoms with van der Waals surface area (Å²) in [7, 11) is 0. The van der Waals surface area contributed by atoms with Crippen LogP contribution in [0.1, 0.15) is 30.9 Å². The molecular weight excluding hydrogens is 216 g/mol. The summed E-state index contributed by atoms with van der Waals surface area (Å²) in [5.74, 6) is -0.0339. The number of benzene rings is 1. The first-order valence-corrected chi connectivity index (χ1v) is 5.94. The van der Waals surface area contributed by atoms with Crippen molar-refractivity contribution in [2.75, 3.05) is 13.1 Å². The molecule has 0 aliphatic rings. The molecule has 0 bridgehead atoms. The Hall–Kier alpha value is -1.39. The summed E-state index contributed by atoms with van der Waals surface area (Å²) < 4.78 is 0. The fourth-order valence-corrected chi connectivity index (χ4v) is 1.52. The summed E-state index contributed by atoms with van der Waals surface area (Å²) in [6.07, 6.45) is 1.48. The van der Waals surface area contributed by atoms with Gasteiger partial charge in [-0.2, -0.15) is 0 Å². The number of aliphatic hydroxyl groups is 1. The van der Waals surface area contributed by atoms with Gasteiger partial charge in [-0.25, -0.2) is 0 Å². The number of aliphatic hydroxyl groups excluding tert-OH is 1. The minimum atomic E-state index is -0.644. The lowest BCUT2D eigenvalue weighted by molar-refractivity contribution is -0.121. The van der Waals surface area contributed by atoms with Crippen LogP contribution in [0.4, 0.5) is 0 Å². The highest BCUT2D eigenvalue weighted by Crippen LogP contribution is 2.10.